The molecule has 1 amide bonds. The molecule has 37 heavy (non-hydrogen) atoms. The van der Waals surface area contributed by atoms with Gasteiger partial charge in [-0.2, -0.15) is 13.2 Å². The Bertz CT molecular complexity index is 1390. The number of oxazole rings is 1. The normalized spacial score (nSPS) is 16.4. The minimum atomic E-state index is -4.65. The number of nitrogens with two attached hydrogens (primary N) is 2. The monoisotopic (exact) mass is 514 g/mol. The van der Waals surface area contributed by atoms with E-state index < -0.39 is 23.8 Å². The van der Waals surface area contributed by atoms with E-state index in [1.807, 2.05) is 4.90 Å². The smallest absolute Gasteiger partial charge is 0.433 e. The Hall–Kier alpha value is -4.24. The molecule has 1 aliphatic heterocycles. The fourth-order valence-corrected chi connectivity index (χ4v) is 4.18. The third-order valence-corrected chi connectivity index (χ3v) is 6.13. The van der Waals surface area contributed by atoms with Crippen LogP contribution in [0.15, 0.2) is 41.1 Å². The van der Waals surface area contributed by atoms with Crippen molar-refractivity contribution in [3.8, 4) is 29.5 Å². The molecule has 2 aromatic heterocycles. The summed E-state index contributed by atoms with van der Waals surface area (Å²) in [6.45, 7) is 5.48. The van der Waals surface area contributed by atoms with Gasteiger partial charge in [-0.05, 0) is 36.6 Å². The Morgan fingerprint density at radius 3 is 2.76 bits per heavy atom. The third kappa shape index (κ3) is 5.17. The van der Waals surface area contributed by atoms with Crippen LogP contribution >= 0.6 is 0 Å². The number of hydrogen-bond acceptors (Lipinski definition) is 8. The molecule has 0 bridgehead atoms. The van der Waals surface area contributed by atoms with E-state index in [0.29, 0.717) is 18.9 Å². The second kappa shape index (κ2) is 10.0. The molecule has 194 valence electrons. The van der Waals surface area contributed by atoms with Gasteiger partial charge in [-0.3, -0.25) is 4.79 Å². The molecule has 1 unspecified atom stereocenters. The van der Waals surface area contributed by atoms with Crippen molar-refractivity contribution in [3.63, 3.8) is 0 Å². The lowest BCUT2D eigenvalue weighted by atomic mass is 10.1. The largest absolute Gasteiger partial charge is 0.494 e. The SMILES string of the molecule is C#C[C@H](N)c1oc(-c2ccc(OC)c3nc(C(F)(F)F)ccc23)nc1C(=O)NCC1CCN(C(=C)N)C1. The third-order valence-electron chi connectivity index (χ3n) is 6.13. The van der Waals surface area contributed by atoms with Crippen LogP contribution in [0, 0.1) is 18.3 Å². The van der Waals surface area contributed by atoms with E-state index in [4.69, 9.17) is 27.0 Å². The minimum Gasteiger partial charge on any atom is -0.494 e. The molecule has 9 nitrogen and oxygen atoms in total. The van der Waals surface area contributed by atoms with E-state index in [0.717, 1.165) is 19.0 Å². The van der Waals surface area contributed by atoms with Gasteiger partial charge in [-0.25, -0.2) is 9.97 Å². The van der Waals surface area contributed by atoms with Gasteiger partial charge in [0, 0.05) is 30.6 Å². The van der Waals surface area contributed by atoms with Crippen molar-refractivity contribution >= 4 is 16.8 Å². The molecule has 5 N–H and O–H groups in total. The van der Waals surface area contributed by atoms with Crippen molar-refractivity contribution in [1.82, 2.24) is 20.2 Å². The van der Waals surface area contributed by atoms with Crippen molar-refractivity contribution in [2.24, 2.45) is 17.4 Å². The number of pyridine rings is 1. The number of terminal acetylenes is 1. The molecular formula is C25H25F3N6O3. The molecule has 1 fully saturated rings. The maximum atomic E-state index is 13.3. The van der Waals surface area contributed by atoms with E-state index in [9.17, 15) is 18.0 Å². The molecule has 1 aromatic carbocycles. The fraction of sp³-hybridized carbons (Fsp3) is 0.320. The number of halogens is 3. The first-order chi connectivity index (χ1) is 17.5. The number of nitrogens with zero attached hydrogens (tertiary/aromatic N) is 3. The van der Waals surface area contributed by atoms with Gasteiger partial charge in [0.25, 0.3) is 5.91 Å². The molecule has 1 saturated heterocycles. The van der Waals surface area contributed by atoms with Crippen molar-refractivity contribution in [2.75, 3.05) is 26.7 Å². The Morgan fingerprint density at radius 1 is 1.38 bits per heavy atom. The van der Waals surface area contributed by atoms with Crippen LogP contribution in [0.25, 0.3) is 22.4 Å². The van der Waals surface area contributed by atoms with Gasteiger partial charge in [-0.15, -0.1) is 6.42 Å². The van der Waals surface area contributed by atoms with Gasteiger partial charge in [-0.1, -0.05) is 12.5 Å². The molecule has 4 rings (SSSR count). The number of likely N-dealkylation sites (tertiary alicyclic amines) is 1. The summed E-state index contributed by atoms with van der Waals surface area (Å²) in [6, 6.07) is 3.99. The quantitative estimate of drug-likeness (QED) is 0.410. The highest BCUT2D eigenvalue weighted by atomic mass is 19.4. The van der Waals surface area contributed by atoms with Gasteiger partial charge in [0.05, 0.1) is 12.9 Å². The summed E-state index contributed by atoms with van der Waals surface area (Å²) < 4.78 is 50.8. The summed E-state index contributed by atoms with van der Waals surface area (Å²) in [6.07, 6.45) is 1.64. The molecule has 0 aliphatic carbocycles. The fourth-order valence-electron chi connectivity index (χ4n) is 4.18. The lowest BCUT2D eigenvalue weighted by Gasteiger charge is -2.17. The van der Waals surface area contributed by atoms with E-state index in [1.165, 1.54) is 19.2 Å². The summed E-state index contributed by atoms with van der Waals surface area (Å²) in [7, 11) is 1.32. The number of rotatable bonds is 7. The van der Waals surface area contributed by atoms with E-state index >= 15 is 0 Å². The summed E-state index contributed by atoms with van der Waals surface area (Å²) >= 11 is 0. The number of benzene rings is 1. The summed E-state index contributed by atoms with van der Waals surface area (Å²) in [5.41, 5.74) is 10.8. The molecule has 1 aliphatic rings. The number of carbonyl (C=O) groups excluding carboxylic acids is 1. The van der Waals surface area contributed by atoms with Crippen LogP contribution in [0.4, 0.5) is 13.2 Å². The Morgan fingerprint density at radius 2 is 2.14 bits per heavy atom. The maximum Gasteiger partial charge on any atom is 0.433 e. The van der Waals surface area contributed by atoms with Crippen LogP contribution in [0.2, 0.25) is 0 Å². The number of fused-ring (bicyclic) bond motifs is 1. The van der Waals surface area contributed by atoms with Crippen LogP contribution in [0.1, 0.15) is 34.4 Å². The molecule has 12 heteroatoms. The standard InChI is InChI=1S/C25H25F3N6O3/c1-4-17(30)22-21(23(35)31-11-14-9-10-34(12-14)13(2)29)33-24(37-22)16-5-7-18(36-3)20-15(16)6-8-19(32-20)25(26,27)28/h1,5-8,14,17H,2,9-12,29-30H2,3H3,(H,31,35)/t14?,17-/m0/s1. The summed E-state index contributed by atoms with van der Waals surface area (Å²) in [5.74, 6) is 2.43. The average Bonchev–Trinajstić information content (AvgIpc) is 3.53. The number of nitrogens with one attached hydrogen (secondary N) is 1. The number of amides is 1. The number of ether oxygens (including phenoxy) is 1. The van der Waals surface area contributed by atoms with Crippen LogP contribution in [-0.2, 0) is 6.18 Å². The highest BCUT2D eigenvalue weighted by Crippen LogP contribution is 2.37. The van der Waals surface area contributed by atoms with Crippen LogP contribution in [-0.4, -0.2) is 47.5 Å². The van der Waals surface area contributed by atoms with Crippen LogP contribution in [0.5, 0.6) is 5.75 Å². The lowest BCUT2D eigenvalue weighted by molar-refractivity contribution is -0.140. The van der Waals surface area contributed by atoms with Gasteiger partial charge in [0.2, 0.25) is 5.89 Å². The number of methoxy groups -OCH3 is 1. The lowest BCUT2D eigenvalue weighted by Crippen LogP contribution is -2.32. The van der Waals surface area contributed by atoms with Crippen molar-refractivity contribution < 1.29 is 27.1 Å². The van der Waals surface area contributed by atoms with Gasteiger partial charge in [0.1, 0.15) is 23.0 Å². The first-order valence-electron chi connectivity index (χ1n) is 11.3. The molecule has 3 aromatic rings. The molecule has 0 radical (unpaired) electrons. The molecular weight excluding hydrogens is 489 g/mol. The molecule has 3 heterocycles. The minimum absolute atomic E-state index is 0.0396. The topological polar surface area (TPSA) is 133 Å². The van der Waals surface area contributed by atoms with E-state index in [1.54, 1.807) is 6.07 Å². The molecule has 0 saturated carbocycles. The maximum absolute atomic E-state index is 13.3. The zero-order valence-electron chi connectivity index (χ0n) is 19.9. The highest BCUT2D eigenvalue weighted by Gasteiger charge is 2.33. The highest BCUT2D eigenvalue weighted by molar-refractivity contribution is 5.98. The molecule has 0 spiro atoms. The van der Waals surface area contributed by atoms with Gasteiger partial charge >= 0.3 is 6.18 Å². The van der Waals surface area contributed by atoms with Crippen LogP contribution in [0.3, 0.4) is 0 Å². The number of carbonyl (C=O) groups is 1. The average molecular weight is 515 g/mol. The zero-order chi connectivity index (χ0) is 26.9. The van der Waals surface area contributed by atoms with E-state index in [2.05, 4.69) is 27.8 Å². The summed E-state index contributed by atoms with van der Waals surface area (Å²) in [5, 5.41) is 3.10. The van der Waals surface area contributed by atoms with Crippen molar-refractivity contribution in [3.05, 3.63) is 53.8 Å². The first kappa shape index (κ1) is 25.8. The van der Waals surface area contributed by atoms with Gasteiger partial charge in [0.15, 0.2) is 11.5 Å². The van der Waals surface area contributed by atoms with Crippen molar-refractivity contribution in [2.45, 2.75) is 18.6 Å². The predicted molar refractivity (Wildman–Crippen MR) is 130 cm³/mol. The molecule has 2 atom stereocenters. The second-order valence-corrected chi connectivity index (χ2v) is 8.58. The zero-order valence-corrected chi connectivity index (χ0v) is 19.9. The van der Waals surface area contributed by atoms with E-state index in [-0.39, 0.29) is 45.5 Å². The predicted octanol–water partition coefficient (Wildman–Crippen LogP) is 3.03. The number of aromatic nitrogens is 2. The Kier molecular flexibility index (Phi) is 7.00. The number of alkyl halides is 3. The second-order valence-electron chi connectivity index (χ2n) is 8.58. The van der Waals surface area contributed by atoms with Crippen molar-refractivity contribution in [1.29, 1.82) is 0 Å². The first-order valence-corrected chi connectivity index (χ1v) is 11.3. The Balaban J connectivity index is 1.69. The summed E-state index contributed by atoms with van der Waals surface area (Å²) in [4.78, 5) is 23.0. The number of hydrogen-bond donors (Lipinski definition) is 3. The van der Waals surface area contributed by atoms with Crippen LogP contribution < -0.4 is 21.5 Å². The Labute approximate surface area is 210 Å². The van der Waals surface area contributed by atoms with Gasteiger partial charge < -0.3 is 30.8 Å².